The number of fused-ring (bicyclic) bond motifs is 1. The quantitative estimate of drug-likeness (QED) is 0.405. The Hall–Kier alpha value is -3.38. The lowest BCUT2D eigenvalue weighted by Gasteiger charge is -2.14. The first-order valence-electron chi connectivity index (χ1n) is 9.68. The summed E-state index contributed by atoms with van der Waals surface area (Å²) in [6.07, 6.45) is 6.56. The van der Waals surface area contributed by atoms with Gasteiger partial charge >= 0.3 is 0 Å². The first-order valence-corrected chi connectivity index (χ1v) is 10.1. The molecule has 7 heteroatoms. The molecule has 0 radical (unpaired) electrons. The second-order valence-electron chi connectivity index (χ2n) is 6.96. The smallest absolute Gasteiger partial charge is 0.246 e. The van der Waals surface area contributed by atoms with E-state index in [2.05, 4.69) is 10.1 Å². The molecule has 1 amide bonds. The number of hydrogen-bond donors (Lipinski definition) is 0. The van der Waals surface area contributed by atoms with Crippen LogP contribution in [0.25, 0.3) is 23.0 Å². The summed E-state index contributed by atoms with van der Waals surface area (Å²) in [6, 6.07) is 17.5. The third-order valence-corrected chi connectivity index (χ3v) is 5.11. The van der Waals surface area contributed by atoms with Gasteiger partial charge in [-0.2, -0.15) is 0 Å². The van der Waals surface area contributed by atoms with E-state index in [1.807, 2.05) is 65.2 Å². The second-order valence-corrected chi connectivity index (χ2v) is 7.32. The molecule has 0 aliphatic carbocycles. The van der Waals surface area contributed by atoms with Crippen LogP contribution >= 0.6 is 11.6 Å². The summed E-state index contributed by atoms with van der Waals surface area (Å²) >= 11 is 6.20. The van der Waals surface area contributed by atoms with Gasteiger partial charge in [0.2, 0.25) is 5.91 Å². The molecule has 0 saturated heterocycles. The number of carbonyl (C=O) groups is 1. The zero-order valence-corrected chi connectivity index (χ0v) is 17.3. The van der Waals surface area contributed by atoms with Crippen LogP contribution in [0.1, 0.15) is 17.9 Å². The third-order valence-electron chi connectivity index (χ3n) is 4.83. The van der Waals surface area contributed by atoms with Gasteiger partial charge in [-0.3, -0.25) is 9.20 Å². The molecule has 3 heterocycles. The molecule has 0 fully saturated rings. The highest BCUT2D eigenvalue weighted by Gasteiger charge is 2.10. The average molecular weight is 421 g/mol. The third kappa shape index (κ3) is 4.44. The van der Waals surface area contributed by atoms with Gasteiger partial charge in [0.25, 0.3) is 0 Å². The van der Waals surface area contributed by atoms with Crippen molar-refractivity contribution in [2.24, 2.45) is 0 Å². The minimum absolute atomic E-state index is 0.0977. The summed E-state index contributed by atoms with van der Waals surface area (Å²) in [5.41, 5.74) is 3.27. The summed E-state index contributed by atoms with van der Waals surface area (Å²) < 4.78 is 7.27. The van der Waals surface area contributed by atoms with Gasteiger partial charge in [-0.1, -0.05) is 53.2 Å². The molecule has 0 atom stereocenters. The number of hydrogen-bond acceptors (Lipinski definition) is 4. The summed E-state index contributed by atoms with van der Waals surface area (Å²) in [5, 5.41) is 4.49. The predicted molar refractivity (Wildman–Crippen MR) is 117 cm³/mol. The highest BCUT2D eigenvalue weighted by atomic mass is 35.5. The highest BCUT2D eigenvalue weighted by molar-refractivity contribution is 6.31. The number of aryl methyl sites for hydroxylation is 1. The summed E-state index contributed by atoms with van der Waals surface area (Å²) in [4.78, 5) is 18.4. The van der Waals surface area contributed by atoms with Crippen LogP contribution in [0.5, 0.6) is 0 Å². The van der Waals surface area contributed by atoms with Crippen molar-refractivity contribution in [3.63, 3.8) is 0 Å². The van der Waals surface area contributed by atoms with Crippen molar-refractivity contribution in [2.45, 2.75) is 12.8 Å². The second kappa shape index (κ2) is 8.97. The standard InChI is InChI=1S/C23H21ClN4O2/c1-27(14-7-10-18-16-19(26-30-18)17-8-3-2-4-9-17)22(29)13-12-20-23(24)25-21-11-5-6-15-28(20)21/h2-6,8-9,11-13,15-16H,7,10,14H2,1H3/b13-12+. The van der Waals surface area contributed by atoms with Crippen LogP contribution in [-0.2, 0) is 11.2 Å². The van der Waals surface area contributed by atoms with Crippen molar-refractivity contribution < 1.29 is 9.32 Å². The zero-order chi connectivity index (χ0) is 20.9. The maximum absolute atomic E-state index is 12.4. The van der Waals surface area contributed by atoms with Crippen molar-refractivity contribution in [3.8, 4) is 11.3 Å². The van der Waals surface area contributed by atoms with E-state index < -0.39 is 0 Å². The lowest BCUT2D eigenvalue weighted by Crippen LogP contribution is -2.26. The summed E-state index contributed by atoms with van der Waals surface area (Å²) in [6.45, 7) is 0.603. The minimum atomic E-state index is -0.0977. The van der Waals surface area contributed by atoms with Gasteiger partial charge in [-0.25, -0.2) is 4.98 Å². The number of nitrogens with zero attached hydrogens (tertiary/aromatic N) is 4. The number of amides is 1. The molecule has 30 heavy (non-hydrogen) atoms. The molecule has 0 spiro atoms. The van der Waals surface area contributed by atoms with Crippen molar-refractivity contribution in [1.29, 1.82) is 0 Å². The topological polar surface area (TPSA) is 63.6 Å². The van der Waals surface area contributed by atoms with Crippen molar-refractivity contribution in [1.82, 2.24) is 19.4 Å². The molecule has 0 saturated carbocycles. The number of benzene rings is 1. The zero-order valence-electron chi connectivity index (χ0n) is 16.5. The Labute approximate surface area is 179 Å². The van der Waals surface area contributed by atoms with Crippen LogP contribution in [0.3, 0.4) is 0 Å². The largest absolute Gasteiger partial charge is 0.361 e. The number of rotatable bonds is 7. The molecule has 3 aromatic heterocycles. The van der Waals surface area contributed by atoms with E-state index in [0.29, 0.717) is 23.8 Å². The lowest BCUT2D eigenvalue weighted by atomic mass is 10.1. The number of halogens is 1. The molecule has 1 aromatic carbocycles. The lowest BCUT2D eigenvalue weighted by molar-refractivity contribution is -0.124. The number of likely N-dealkylation sites (N-methyl/N-ethyl adjacent to an activating group) is 1. The van der Waals surface area contributed by atoms with Gasteiger partial charge in [0.15, 0.2) is 5.15 Å². The van der Waals surface area contributed by atoms with E-state index >= 15 is 0 Å². The first kappa shape index (κ1) is 19.9. The van der Waals surface area contributed by atoms with Crippen molar-refractivity contribution >= 4 is 29.2 Å². The normalized spacial score (nSPS) is 11.4. The molecule has 0 N–H and O–H groups in total. The fraction of sp³-hybridized carbons (Fsp3) is 0.174. The van der Waals surface area contributed by atoms with Gasteiger partial charge < -0.3 is 9.42 Å². The van der Waals surface area contributed by atoms with E-state index in [0.717, 1.165) is 29.1 Å². The minimum Gasteiger partial charge on any atom is -0.361 e. The Morgan fingerprint density at radius 2 is 2.00 bits per heavy atom. The van der Waals surface area contributed by atoms with Gasteiger partial charge in [-0.15, -0.1) is 0 Å². The molecule has 4 rings (SSSR count). The maximum atomic E-state index is 12.4. The van der Waals surface area contributed by atoms with Crippen LogP contribution in [0, 0.1) is 0 Å². The maximum Gasteiger partial charge on any atom is 0.246 e. The fourth-order valence-electron chi connectivity index (χ4n) is 3.19. The van der Waals surface area contributed by atoms with E-state index in [1.54, 1.807) is 18.0 Å². The van der Waals surface area contributed by atoms with E-state index in [-0.39, 0.29) is 5.91 Å². The average Bonchev–Trinajstić information content (AvgIpc) is 3.36. The molecular formula is C23H21ClN4O2. The molecular weight excluding hydrogens is 400 g/mol. The van der Waals surface area contributed by atoms with Gasteiger partial charge in [0.05, 0.1) is 5.69 Å². The van der Waals surface area contributed by atoms with Crippen LogP contribution in [-0.4, -0.2) is 38.9 Å². The predicted octanol–water partition coefficient (Wildman–Crippen LogP) is 4.75. The van der Waals surface area contributed by atoms with Gasteiger partial charge in [-0.05, 0) is 24.6 Å². The first-order chi connectivity index (χ1) is 14.6. The number of pyridine rings is 1. The molecule has 0 unspecified atom stereocenters. The van der Waals surface area contributed by atoms with E-state index in [9.17, 15) is 4.79 Å². The molecule has 152 valence electrons. The van der Waals surface area contributed by atoms with E-state index in [1.165, 1.54) is 6.08 Å². The SMILES string of the molecule is CN(CCCc1cc(-c2ccccc2)no1)C(=O)/C=C/c1c(Cl)nc2ccccn12. The molecule has 4 aromatic rings. The summed E-state index contributed by atoms with van der Waals surface area (Å²) in [5.74, 6) is 0.710. The number of aromatic nitrogens is 3. The van der Waals surface area contributed by atoms with Gasteiger partial charge in [0, 0.05) is 43.9 Å². The molecule has 0 bridgehead atoms. The van der Waals surface area contributed by atoms with Crippen LogP contribution in [0.2, 0.25) is 5.15 Å². The number of imidazole rings is 1. The highest BCUT2D eigenvalue weighted by Crippen LogP contribution is 2.20. The Morgan fingerprint density at radius 3 is 2.83 bits per heavy atom. The van der Waals surface area contributed by atoms with Crippen LogP contribution in [0.4, 0.5) is 0 Å². The Balaban J connectivity index is 1.31. The Kier molecular flexibility index (Phi) is 5.95. The Morgan fingerprint density at radius 1 is 1.20 bits per heavy atom. The van der Waals surface area contributed by atoms with Crippen LogP contribution in [0.15, 0.2) is 71.4 Å². The molecule has 6 nitrogen and oxygen atoms in total. The van der Waals surface area contributed by atoms with Crippen molar-refractivity contribution in [2.75, 3.05) is 13.6 Å². The van der Waals surface area contributed by atoms with Crippen LogP contribution < -0.4 is 0 Å². The Bertz CT molecular complexity index is 1180. The fourth-order valence-corrected chi connectivity index (χ4v) is 3.43. The number of carbonyl (C=O) groups excluding carboxylic acids is 1. The van der Waals surface area contributed by atoms with E-state index in [4.69, 9.17) is 16.1 Å². The molecule has 0 aliphatic rings. The monoisotopic (exact) mass is 420 g/mol. The molecule has 0 aliphatic heterocycles. The van der Waals surface area contributed by atoms with Crippen molar-refractivity contribution in [3.05, 3.63) is 83.5 Å². The van der Waals surface area contributed by atoms with Gasteiger partial charge in [0.1, 0.15) is 17.1 Å². The summed E-state index contributed by atoms with van der Waals surface area (Å²) in [7, 11) is 1.78.